The van der Waals surface area contributed by atoms with Crippen LogP contribution < -0.4 is 15.8 Å². The quantitative estimate of drug-likeness (QED) is 0.854. The molecule has 0 bridgehead atoms. The van der Waals surface area contributed by atoms with Gasteiger partial charge in [-0.15, -0.1) is 0 Å². The molecule has 1 aliphatic heterocycles. The number of fused-ring (bicyclic) bond motifs is 1. The van der Waals surface area contributed by atoms with E-state index in [1.807, 2.05) is 30.3 Å². The highest BCUT2D eigenvalue weighted by Gasteiger charge is 2.19. The van der Waals surface area contributed by atoms with E-state index < -0.39 is 0 Å². The second kappa shape index (κ2) is 5.67. The van der Waals surface area contributed by atoms with Crippen LogP contribution in [-0.4, -0.2) is 12.5 Å². The van der Waals surface area contributed by atoms with Gasteiger partial charge < -0.3 is 15.8 Å². The summed E-state index contributed by atoms with van der Waals surface area (Å²) in [4.78, 5) is 11.4. The monoisotopic (exact) mass is 366 g/mol. The van der Waals surface area contributed by atoms with Crippen molar-refractivity contribution in [3.63, 3.8) is 0 Å². The number of amides is 1. The van der Waals surface area contributed by atoms with Gasteiger partial charge in [-0.1, -0.05) is 29.8 Å². The summed E-state index contributed by atoms with van der Waals surface area (Å²) in [6, 6.07) is 10.7. The molecule has 1 amide bonds. The average molecular weight is 368 g/mol. The Morgan fingerprint density at radius 1 is 1.33 bits per heavy atom. The van der Waals surface area contributed by atoms with Crippen LogP contribution in [0.15, 0.2) is 40.9 Å². The fourth-order valence-corrected chi connectivity index (χ4v) is 2.86. The third-order valence-corrected chi connectivity index (χ3v) is 4.62. The summed E-state index contributed by atoms with van der Waals surface area (Å²) in [6.07, 6.45) is 0. The van der Waals surface area contributed by atoms with Gasteiger partial charge in [0, 0.05) is 4.47 Å². The van der Waals surface area contributed by atoms with Crippen molar-refractivity contribution in [1.29, 1.82) is 0 Å². The van der Waals surface area contributed by atoms with Crippen molar-refractivity contribution in [2.45, 2.75) is 6.04 Å². The van der Waals surface area contributed by atoms with Crippen LogP contribution in [0.4, 0.5) is 5.69 Å². The number of nitrogens with one attached hydrogen (secondary N) is 1. The summed E-state index contributed by atoms with van der Waals surface area (Å²) < 4.78 is 6.13. The molecule has 0 aromatic heterocycles. The highest BCUT2D eigenvalue weighted by atomic mass is 79.9. The van der Waals surface area contributed by atoms with Crippen LogP contribution in [0, 0.1) is 0 Å². The lowest BCUT2D eigenvalue weighted by molar-refractivity contribution is -0.118. The van der Waals surface area contributed by atoms with E-state index in [-0.39, 0.29) is 18.6 Å². The fraction of sp³-hybridized carbons (Fsp3) is 0.133. The van der Waals surface area contributed by atoms with Crippen LogP contribution >= 0.6 is 27.5 Å². The van der Waals surface area contributed by atoms with E-state index in [2.05, 4.69) is 21.2 Å². The average Bonchev–Trinajstić information content (AvgIpc) is 2.48. The SMILES string of the molecule is NC(c1ccc2c(c1)NC(=O)CO2)c1cccc(Br)c1Cl. The molecule has 6 heteroatoms. The van der Waals surface area contributed by atoms with E-state index in [0.29, 0.717) is 16.5 Å². The highest BCUT2D eigenvalue weighted by Crippen LogP contribution is 2.35. The van der Waals surface area contributed by atoms with E-state index in [4.69, 9.17) is 22.1 Å². The Balaban J connectivity index is 1.98. The Bertz CT molecular complexity index is 721. The maximum absolute atomic E-state index is 11.4. The van der Waals surface area contributed by atoms with Gasteiger partial charge in [0.25, 0.3) is 5.91 Å². The number of nitrogens with two attached hydrogens (primary N) is 1. The van der Waals surface area contributed by atoms with Crippen LogP contribution in [-0.2, 0) is 4.79 Å². The topological polar surface area (TPSA) is 64.3 Å². The number of ether oxygens (including phenoxy) is 1. The van der Waals surface area contributed by atoms with Crippen molar-refractivity contribution in [3.05, 3.63) is 57.0 Å². The van der Waals surface area contributed by atoms with Crippen molar-refractivity contribution in [1.82, 2.24) is 0 Å². The van der Waals surface area contributed by atoms with Gasteiger partial charge in [-0.05, 0) is 45.3 Å². The molecule has 4 nitrogen and oxygen atoms in total. The van der Waals surface area contributed by atoms with Gasteiger partial charge in [-0.3, -0.25) is 4.79 Å². The summed E-state index contributed by atoms with van der Waals surface area (Å²) in [5.41, 5.74) is 8.59. The lowest BCUT2D eigenvalue weighted by Crippen LogP contribution is -2.25. The van der Waals surface area contributed by atoms with Crippen molar-refractivity contribution >= 4 is 39.1 Å². The Labute approximate surface area is 135 Å². The minimum Gasteiger partial charge on any atom is -0.482 e. The van der Waals surface area contributed by atoms with Gasteiger partial charge in [0.1, 0.15) is 5.75 Å². The van der Waals surface area contributed by atoms with Gasteiger partial charge in [0.15, 0.2) is 6.61 Å². The standard InChI is InChI=1S/C15H12BrClN2O2/c16-10-3-1-2-9(14(10)17)15(18)8-4-5-12-11(6-8)19-13(20)7-21-12/h1-6,15H,7,18H2,(H,19,20). The predicted octanol–water partition coefficient (Wildman–Crippen LogP) is 3.48. The maximum atomic E-state index is 11.4. The first kappa shape index (κ1) is 14.4. The minimum atomic E-state index is -0.390. The number of anilines is 1. The smallest absolute Gasteiger partial charge is 0.262 e. The molecule has 1 aliphatic rings. The minimum absolute atomic E-state index is 0.0376. The number of benzene rings is 2. The summed E-state index contributed by atoms with van der Waals surface area (Å²) >= 11 is 9.67. The molecule has 2 aromatic carbocycles. The molecule has 0 aliphatic carbocycles. The number of hydrogen-bond acceptors (Lipinski definition) is 3. The number of carbonyl (C=O) groups excluding carboxylic acids is 1. The Kier molecular flexibility index (Phi) is 3.89. The number of hydrogen-bond donors (Lipinski definition) is 2. The largest absolute Gasteiger partial charge is 0.482 e. The zero-order valence-electron chi connectivity index (χ0n) is 10.9. The van der Waals surface area contributed by atoms with E-state index in [0.717, 1.165) is 15.6 Å². The number of carbonyl (C=O) groups is 1. The van der Waals surface area contributed by atoms with Crippen LogP contribution in [0.2, 0.25) is 5.02 Å². The van der Waals surface area contributed by atoms with E-state index in [1.165, 1.54) is 0 Å². The molecule has 21 heavy (non-hydrogen) atoms. The Morgan fingerprint density at radius 2 is 2.14 bits per heavy atom. The molecule has 1 atom stereocenters. The van der Waals surface area contributed by atoms with Crippen molar-refractivity contribution < 1.29 is 9.53 Å². The molecule has 108 valence electrons. The Hall–Kier alpha value is -1.56. The van der Waals surface area contributed by atoms with Crippen LogP contribution in [0.5, 0.6) is 5.75 Å². The molecule has 0 spiro atoms. The molecule has 1 unspecified atom stereocenters. The Morgan fingerprint density at radius 3 is 2.95 bits per heavy atom. The molecule has 3 N–H and O–H groups in total. The maximum Gasteiger partial charge on any atom is 0.262 e. The van der Waals surface area contributed by atoms with Gasteiger partial charge >= 0.3 is 0 Å². The third kappa shape index (κ3) is 2.77. The third-order valence-electron chi connectivity index (χ3n) is 3.31. The second-order valence-corrected chi connectivity index (χ2v) is 5.95. The van der Waals surface area contributed by atoms with Gasteiger partial charge in [0.2, 0.25) is 0 Å². The van der Waals surface area contributed by atoms with Crippen LogP contribution in [0.25, 0.3) is 0 Å². The summed E-state index contributed by atoms with van der Waals surface area (Å²) in [6.45, 7) is 0.0376. The van der Waals surface area contributed by atoms with Crippen LogP contribution in [0.3, 0.4) is 0 Å². The summed E-state index contributed by atoms with van der Waals surface area (Å²) in [5, 5.41) is 3.36. The second-order valence-electron chi connectivity index (χ2n) is 4.71. The number of rotatable bonds is 2. The summed E-state index contributed by atoms with van der Waals surface area (Å²) in [5.74, 6) is 0.472. The van der Waals surface area contributed by atoms with Gasteiger partial charge in [-0.25, -0.2) is 0 Å². The van der Waals surface area contributed by atoms with E-state index in [1.54, 1.807) is 6.07 Å². The lowest BCUT2D eigenvalue weighted by Gasteiger charge is -2.21. The van der Waals surface area contributed by atoms with Crippen molar-refractivity contribution in [2.24, 2.45) is 5.73 Å². The van der Waals surface area contributed by atoms with E-state index in [9.17, 15) is 4.79 Å². The molecular formula is C15H12BrClN2O2. The van der Waals surface area contributed by atoms with Gasteiger partial charge in [-0.2, -0.15) is 0 Å². The first-order valence-corrected chi connectivity index (χ1v) is 7.49. The molecule has 1 heterocycles. The normalized spacial score (nSPS) is 14.9. The molecule has 3 rings (SSSR count). The molecule has 0 saturated carbocycles. The van der Waals surface area contributed by atoms with Crippen molar-refractivity contribution in [2.75, 3.05) is 11.9 Å². The molecular weight excluding hydrogens is 356 g/mol. The lowest BCUT2D eigenvalue weighted by atomic mass is 9.98. The molecule has 0 fully saturated rings. The molecule has 0 radical (unpaired) electrons. The van der Waals surface area contributed by atoms with Crippen LogP contribution in [0.1, 0.15) is 17.2 Å². The zero-order valence-corrected chi connectivity index (χ0v) is 13.2. The molecule has 2 aromatic rings. The fourth-order valence-electron chi connectivity index (χ4n) is 2.23. The highest BCUT2D eigenvalue weighted by molar-refractivity contribution is 9.10. The molecule has 0 saturated heterocycles. The van der Waals surface area contributed by atoms with E-state index >= 15 is 0 Å². The predicted molar refractivity (Wildman–Crippen MR) is 85.7 cm³/mol. The first-order valence-electron chi connectivity index (χ1n) is 6.32. The summed E-state index contributed by atoms with van der Waals surface area (Å²) in [7, 11) is 0. The van der Waals surface area contributed by atoms with Gasteiger partial charge in [0.05, 0.1) is 16.8 Å². The zero-order chi connectivity index (χ0) is 15.0. The first-order chi connectivity index (χ1) is 10.1. The number of halogens is 2. The van der Waals surface area contributed by atoms with Crippen molar-refractivity contribution in [3.8, 4) is 5.75 Å².